The maximum atomic E-state index is 6.65. The van der Waals surface area contributed by atoms with E-state index in [2.05, 4.69) is 95.2 Å². The van der Waals surface area contributed by atoms with E-state index in [0.29, 0.717) is 0 Å². The molecule has 2 saturated heterocycles. The normalized spacial score (nSPS) is 23.4. The van der Waals surface area contributed by atoms with E-state index < -0.39 is 8.07 Å². The van der Waals surface area contributed by atoms with Gasteiger partial charge in [-0.15, -0.1) is 22.7 Å². The number of hydrogen-bond donors (Lipinski definition) is 0. The summed E-state index contributed by atoms with van der Waals surface area (Å²) in [7, 11) is -2.77. The maximum absolute atomic E-state index is 6.65. The van der Waals surface area contributed by atoms with Gasteiger partial charge in [0.25, 0.3) is 0 Å². The summed E-state index contributed by atoms with van der Waals surface area (Å²) in [6, 6.07) is 7.81. The van der Waals surface area contributed by atoms with Crippen LogP contribution in [-0.4, -0.2) is 44.7 Å². The van der Waals surface area contributed by atoms with E-state index in [9.17, 15) is 0 Å². The van der Waals surface area contributed by atoms with Crippen molar-refractivity contribution in [3.8, 4) is 9.75 Å². The number of rotatable bonds is 14. The molecule has 0 amide bonds. The van der Waals surface area contributed by atoms with E-state index in [1.54, 1.807) is 10.4 Å². The summed E-state index contributed by atoms with van der Waals surface area (Å²) in [6.45, 7) is 26.9. The van der Waals surface area contributed by atoms with Crippen LogP contribution < -0.4 is 19.9 Å². The van der Waals surface area contributed by atoms with Gasteiger partial charge >= 0.3 is 14.2 Å². The molecule has 2 aromatic heterocycles. The van der Waals surface area contributed by atoms with Crippen LogP contribution in [-0.2, 0) is 18.6 Å². The Morgan fingerprint density at radius 2 is 0.933 bits per heavy atom. The van der Waals surface area contributed by atoms with E-state index in [0.717, 1.165) is 11.8 Å². The van der Waals surface area contributed by atoms with Crippen molar-refractivity contribution in [2.75, 3.05) is 0 Å². The summed E-state index contributed by atoms with van der Waals surface area (Å²) in [5.41, 5.74) is -1.39. The fourth-order valence-corrected chi connectivity index (χ4v) is 17.9. The smallest absolute Gasteiger partial charge is 0.399 e. The Hall–Kier alpha value is -0.413. The summed E-state index contributed by atoms with van der Waals surface area (Å²) in [5, 5.41) is 3.34. The van der Waals surface area contributed by atoms with Gasteiger partial charge in [-0.25, -0.2) is 0 Å². The molecule has 45 heavy (non-hydrogen) atoms. The van der Waals surface area contributed by atoms with Crippen LogP contribution in [0, 0.1) is 11.8 Å². The van der Waals surface area contributed by atoms with Crippen LogP contribution >= 0.6 is 22.7 Å². The van der Waals surface area contributed by atoms with Crippen molar-refractivity contribution in [1.82, 2.24) is 0 Å². The van der Waals surface area contributed by atoms with Gasteiger partial charge in [0.2, 0.25) is 0 Å². The van der Waals surface area contributed by atoms with Gasteiger partial charge in [-0.2, -0.15) is 0 Å². The Labute approximate surface area is 285 Å². The van der Waals surface area contributed by atoms with Crippen LogP contribution in [0.5, 0.6) is 0 Å². The molecule has 5 heterocycles. The lowest BCUT2D eigenvalue weighted by Crippen LogP contribution is -2.57. The van der Waals surface area contributed by atoms with Gasteiger partial charge in [-0.3, -0.25) is 0 Å². The Morgan fingerprint density at radius 1 is 0.600 bits per heavy atom. The molecule has 2 unspecified atom stereocenters. The van der Waals surface area contributed by atoms with Gasteiger partial charge < -0.3 is 18.6 Å². The van der Waals surface area contributed by atoms with Gasteiger partial charge in [0.1, 0.15) is 8.07 Å². The molecule has 9 heteroatoms. The van der Waals surface area contributed by atoms with E-state index in [-0.39, 0.29) is 36.6 Å². The highest BCUT2D eigenvalue weighted by atomic mass is 32.1. The second kappa shape index (κ2) is 13.1. The van der Waals surface area contributed by atoms with Crippen molar-refractivity contribution in [2.24, 2.45) is 11.8 Å². The molecular weight excluding hydrogens is 610 g/mol. The van der Waals surface area contributed by atoms with Crippen LogP contribution in [0.1, 0.15) is 134 Å². The zero-order valence-corrected chi connectivity index (χ0v) is 33.1. The maximum Gasteiger partial charge on any atom is 0.505 e. The van der Waals surface area contributed by atoms with Crippen LogP contribution in [0.25, 0.3) is 9.75 Å². The second-order valence-corrected chi connectivity index (χ2v) is 22.5. The average molecular weight is 671 g/mol. The van der Waals surface area contributed by atoms with Crippen LogP contribution in [0.3, 0.4) is 0 Å². The SMILES string of the molecule is CCCCC(CC)C[Si]1(CC(CC)CCCC)c2cc(B3OC(C)(C)C(C)(C)O3)sc2-c2sc(B3OC(C)(C)C(C)(C)O3)cc21. The fraction of sp³-hybridized carbons (Fsp3) is 0.778. The first-order valence-corrected chi connectivity index (χ1v) is 22.1. The largest absolute Gasteiger partial charge is 0.505 e. The highest BCUT2D eigenvalue weighted by Crippen LogP contribution is 2.45. The number of unbranched alkanes of at least 4 members (excludes halogenated alkanes) is 2. The zero-order valence-electron chi connectivity index (χ0n) is 30.5. The summed E-state index contributed by atoms with van der Waals surface area (Å²) in [6.07, 6.45) is 10.4. The average Bonchev–Trinajstić information content (AvgIpc) is 3.72. The molecule has 5 rings (SSSR count). The molecule has 2 fully saturated rings. The fourth-order valence-electron chi connectivity index (χ4n) is 7.56. The molecule has 0 saturated carbocycles. The molecule has 0 aromatic carbocycles. The first-order valence-electron chi connectivity index (χ1n) is 18.0. The predicted octanol–water partition coefficient (Wildman–Crippen LogP) is 8.38. The summed E-state index contributed by atoms with van der Waals surface area (Å²) in [5.74, 6) is 1.50. The van der Waals surface area contributed by atoms with Gasteiger partial charge in [0.05, 0.1) is 22.4 Å². The standard InChI is InChI=1S/C36H60B2O4S2Si/c1-13-17-19-25(15-3)23-45(24-26(16-4)20-18-14-2)27-21-29(37-39-33(5,6)34(7,8)40-37)43-31(27)32-28(45)22-30(44-32)38-41-35(9,10)36(11,12)42-38/h21-22,25-26H,13-20,23-24H2,1-12H3. The Bertz CT molecular complexity index is 1200. The van der Waals surface area contributed by atoms with Crippen molar-refractivity contribution in [1.29, 1.82) is 0 Å². The van der Waals surface area contributed by atoms with Gasteiger partial charge in [-0.1, -0.05) is 91.2 Å². The molecule has 0 N–H and O–H groups in total. The highest BCUT2D eigenvalue weighted by molar-refractivity contribution is 7.36. The number of hydrogen-bond acceptors (Lipinski definition) is 6. The van der Waals surface area contributed by atoms with Crippen molar-refractivity contribution < 1.29 is 18.6 Å². The molecule has 4 nitrogen and oxygen atoms in total. The zero-order chi connectivity index (χ0) is 33.0. The first-order chi connectivity index (χ1) is 21.0. The third-order valence-electron chi connectivity index (χ3n) is 12.1. The minimum absolute atomic E-state index is 0.313. The molecule has 3 aliphatic heterocycles. The lowest BCUT2D eigenvalue weighted by Gasteiger charge is -2.35. The third-order valence-corrected chi connectivity index (χ3v) is 20.3. The highest BCUT2D eigenvalue weighted by Gasteiger charge is 2.57. The molecule has 3 aliphatic rings. The minimum atomic E-state index is -2.15. The number of fused-ring (bicyclic) bond motifs is 3. The quantitative estimate of drug-likeness (QED) is 0.189. The molecule has 0 aliphatic carbocycles. The molecule has 2 aromatic rings. The second-order valence-electron chi connectivity index (χ2n) is 16.3. The van der Waals surface area contributed by atoms with E-state index in [1.165, 1.54) is 82.8 Å². The lowest BCUT2D eigenvalue weighted by molar-refractivity contribution is 0.00578. The van der Waals surface area contributed by atoms with Crippen molar-refractivity contribution in [2.45, 2.75) is 169 Å². The van der Waals surface area contributed by atoms with E-state index in [1.807, 2.05) is 22.7 Å². The third kappa shape index (κ3) is 6.51. The molecule has 0 spiro atoms. The lowest BCUT2D eigenvalue weighted by atomic mass is 9.88. The molecular formula is C36H60B2O4S2Si. The Kier molecular flexibility index (Phi) is 10.5. The van der Waals surface area contributed by atoms with E-state index in [4.69, 9.17) is 18.6 Å². The molecule has 0 bridgehead atoms. The Balaban J connectivity index is 1.65. The Morgan fingerprint density at radius 3 is 1.22 bits per heavy atom. The van der Waals surface area contributed by atoms with Crippen LogP contribution in [0.15, 0.2) is 12.1 Å². The predicted molar refractivity (Wildman–Crippen MR) is 200 cm³/mol. The monoisotopic (exact) mass is 670 g/mol. The van der Waals surface area contributed by atoms with E-state index >= 15 is 0 Å². The summed E-state index contributed by atoms with van der Waals surface area (Å²) >= 11 is 3.88. The summed E-state index contributed by atoms with van der Waals surface area (Å²) < 4.78 is 29.1. The van der Waals surface area contributed by atoms with Crippen molar-refractivity contribution in [3.05, 3.63) is 12.1 Å². The number of thiophene rings is 2. The van der Waals surface area contributed by atoms with Crippen LogP contribution in [0.4, 0.5) is 0 Å². The minimum Gasteiger partial charge on any atom is -0.399 e. The van der Waals surface area contributed by atoms with Crippen molar-refractivity contribution in [3.63, 3.8) is 0 Å². The summed E-state index contributed by atoms with van der Waals surface area (Å²) in [4.78, 5) is 2.98. The van der Waals surface area contributed by atoms with Crippen LogP contribution in [0.2, 0.25) is 12.1 Å². The van der Waals surface area contributed by atoms with Crippen molar-refractivity contribution >= 4 is 64.9 Å². The molecule has 250 valence electrons. The first kappa shape index (κ1) is 35.9. The van der Waals surface area contributed by atoms with Gasteiger partial charge in [-0.05, 0) is 89.7 Å². The van der Waals surface area contributed by atoms with Gasteiger partial charge in [0.15, 0.2) is 0 Å². The van der Waals surface area contributed by atoms with Gasteiger partial charge in [0, 0.05) is 19.3 Å². The topological polar surface area (TPSA) is 36.9 Å². The molecule has 0 radical (unpaired) electrons. The molecule has 2 atom stereocenters.